The van der Waals surface area contributed by atoms with E-state index in [2.05, 4.69) is 34.0 Å². The van der Waals surface area contributed by atoms with Gasteiger partial charge in [-0.05, 0) is 63.0 Å². The molecule has 2 fully saturated rings. The number of hydrogen-bond donors (Lipinski definition) is 2. The predicted molar refractivity (Wildman–Crippen MR) is 181 cm³/mol. The minimum atomic E-state index is -1.29. The SMILES string of the molecule is CC[C@H](O)[C@@H](C)[C@H]1O[C@@H]1C[C@H](C)/C=C/C=C(\C)[C@H]1OC(=O)C[C@H](C)CC[C@@](C)(O)[C@@H](OC(=O)N2CCC[N+](C)(C)CC2)/C=C/[C@@H]1C. The van der Waals surface area contributed by atoms with Crippen molar-refractivity contribution in [2.24, 2.45) is 23.7 Å². The van der Waals surface area contributed by atoms with Crippen molar-refractivity contribution in [2.45, 2.75) is 123 Å². The van der Waals surface area contributed by atoms with Gasteiger partial charge in [-0.3, -0.25) is 4.79 Å². The molecule has 3 aliphatic rings. The number of ether oxygens (including phenoxy) is 3. The van der Waals surface area contributed by atoms with Gasteiger partial charge < -0.3 is 33.8 Å². The first kappa shape index (κ1) is 38.2. The zero-order valence-electron chi connectivity index (χ0n) is 30.0. The quantitative estimate of drug-likeness (QED) is 0.109. The van der Waals surface area contributed by atoms with Crippen molar-refractivity contribution in [1.82, 2.24) is 4.90 Å². The van der Waals surface area contributed by atoms with Crippen molar-refractivity contribution >= 4 is 12.1 Å². The molecule has 0 aliphatic carbocycles. The fraction of sp³-hybridized carbons (Fsp3) is 0.784. The van der Waals surface area contributed by atoms with Crippen molar-refractivity contribution in [1.29, 1.82) is 0 Å². The lowest BCUT2D eigenvalue weighted by molar-refractivity contribution is -0.888. The number of rotatable bonds is 9. The van der Waals surface area contributed by atoms with Gasteiger partial charge in [-0.1, -0.05) is 58.9 Å². The van der Waals surface area contributed by atoms with Gasteiger partial charge in [0.2, 0.25) is 0 Å². The van der Waals surface area contributed by atoms with Crippen molar-refractivity contribution < 1.29 is 38.5 Å². The second kappa shape index (κ2) is 16.8. The van der Waals surface area contributed by atoms with Crippen LogP contribution in [-0.2, 0) is 19.0 Å². The Morgan fingerprint density at radius 1 is 1.22 bits per heavy atom. The summed E-state index contributed by atoms with van der Waals surface area (Å²) in [5, 5.41) is 21.7. The topological polar surface area (TPSA) is 109 Å². The fourth-order valence-corrected chi connectivity index (χ4v) is 6.63. The number of aliphatic hydroxyl groups is 2. The van der Waals surface area contributed by atoms with E-state index in [1.807, 2.05) is 45.9 Å². The van der Waals surface area contributed by atoms with E-state index in [0.717, 1.165) is 42.4 Å². The smallest absolute Gasteiger partial charge is 0.410 e. The van der Waals surface area contributed by atoms with Gasteiger partial charge in [-0.15, -0.1) is 0 Å². The number of quaternary nitrogens is 1. The Kier molecular flexibility index (Phi) is 13.9. The molecule has 0 aromatic heterocycles. The standard InChI is InChI=1S/C37H63N2O7/c1-10-30(40)29(6)35-31(44-35)23-25(2)13-11-14-27(4)34-28(5)15-16-32(37(7,43)18-17-26(3)24-33(41)46-34)45-36(42)38-19-12-21-39(8,9)22-20-38/h11,13-16,25-26,28-32,34-35,40,43H,10,12,17-24H2,1-9H3/q+1/b13-11+,16-15+,27-14+/t25-,26-,28+,29-,30+,31-,32+,34-,35-,37-/m1/s1. The molecular formula is C37H63N2O7+. The molecule has 0 spiro atoms. The molecule has 3 heterocycles. The molecule has 2 saturated heterocycles. The summed E-state index contributed by atoms with van der Waals surface area (Å²) < 4.78 is 18.8. The summed E-state index contributed by atoms with van der Waals surface area (Å²) in [6.07, 6.45) is 11.8. The van der Waals surface area contributed by atoms with Crippen LogP contribution in [0.5, 0.6) is 0 Å². The van der Waals surface area contributed by atoms with E-state index < -0.39 is 23.9 Å². The highest BCUT2D eigenvalue weighted by molar-refractivity contribution is 5.70. The van der Waals surface area contributed by atoms with Crippen LogP contribution in [-0.4, -0.2) is 108 Å². The number of hydrogen-bond acceptors (Lipinski definition) is 7. The highest BCUT2D eigenvalue weighted by atomic mass is 16.6. The van der Waals surface area contributed by atoms with E-state index in [1.54, 1.807) is 17.9 Å². The summed E-state index contributed by atoms with van der Waals surface area (Å²) >= 11 is 0. The van der Waals surface area contributed by atoms with Crippen LogP contribution in [0.25, 0.3) is 0 Å². The van der Waals surface area contributed by atoms with Crippen LogP contribution in [0.2, 0.25) is 0 Å². The normalized spacial score (nSPS) is 35.6. The molecule has 0 aromatic carbocycles. The Labute approximate surface area is 278 Å². The van der Waals surface area contributed by atoms with Crippen LogP contribution >= 0.6 is 0 Å². The molecule has 1 amide bonds. The van der Waals surface area contributed by atoms with Crippen LogP contribution in [0.4, 0.5) is 4.79 Å². The number of allylic oxidation sites excluding steroid dienone is 3. The van der Waals surface area contributed by atoms with E-state index in [0.29, 0.717) is 25.9 Å². The minimum absolute atomic E-state index is 0.0000436. The largest absolute Gasteiger partial charge is 0.457 e. The van der Waals surface area contributed by atoms with Crippen LogP contribution in [0.1, 0.15) is 87.0 Å². The molecule has 46 heavy (non-hydrogen) atoms. The van der Waals surface area contributed by atoms with Gasteiger partial charge in [0.1, 0.15) is 11.7 Å². The summed E-state index contributed by atoms with van der Waals surface area (Å²) in [7, 11) is 4.35. The first-order valence-electron chi connectivity index (χ1n) is 17.6. The number of esters is 1. The molecule has 0 bridgehead atoms. The Morgan fingerprint density at radius 2 is 1.93 bits per heavy atom. The highest BCUT2D eigenvalue weighted by Crippen LogP contribution is 2.36. The molecule has 0 saturated carbocycles. The molecule has 3 rings (SSSR count). The maximum absolute atomic E-state index is 13.3. The number of aliphatic hydroxyl groups excluding tert-OH is 1. The summed E-state index contributed by atoms with van der Waals surface area (Å²) in [4.78, 5) is 28.1. The van der Waals surface area contributed by atoms with Crippen molar-refractivity contribution in [3.63, 3.8) is 0 Å². The Bertz CT molecular complexity index is 1100. The van der Waals surface area contributed by atoms with Gasteiger partial charge in [0, 0.05) is 31.2 Å². The Morgan fingerprint density at radius 3 is 2.63 bits per heavy atom. The average Bonchev–Trinajstić information content (AvgIpc) is 3.77. The summed E-state index contributed by atoms with van der Waals surface area (Å²) in [6, 6.07) is 0. The summed E-state index contributed by atoms with van der Waals surface area (Å²) in [5.74, 6) is -0.0573. The van der Waals surface area contributed by atoms with Crippen molar-refractivity contribution in [3.05, 3.63) is 36.0 Å². The van der Waals surface area contributed by atoms with Gasteiger partial charge >= 0.3 is 12.1 Å². The lowest BCUT2D eigenvalue weighted by Crippen LogP contribution is -2.46. The van der Waals surface area contributed by atoms with Crippen LogP contribution in [0.15, 0.2) is 36.0 Å². The molecule has 3 aliphatic heterocycles. The number of nitrogens with zero attached hydrogens (tertiary/aromatic N) is 2. The first-order chi connectivity index (χ1) is 21.5. The molecule has 9 nitrogen and oxygen atoms in total. The third-order valence-corrected chi connectivity index (χ3v) is 10.3. The number of amides is 1. The lowest BCUT2D eigenvalue weighted by Gasteiger charge is -2.34. The van der Waals surface area contributed by atoms with E-state index in [-0.39, 0.29) is 54.4 Å². The number of epoxide rings is 1. The number of carbonyl (C=O) groups excluding carboxylic acids is 2. The Hall–Kier alpha value is -2.20. The minimum Gasteiger partial charge on any atom is -0.457 e. The number of carbonyl (C=O) groups is 2. The monoisotopic (exact) mass is 647 g/mol. The summed E-state index contributed by atoms with van der Waals surface area (Å²) in [5.41, 5.74) is -0.384. The van der Waals surface area contributed by atoms with E-state index in [4.69, 9.17) is 14.2 Å². The van der Waals surface area contributed by atoms with E-state index >= 15 is 0 Å². The summed E-state index contributed by atoms with van der Waals surface area (Å²) in [6.45, 7) is 16.9. The maximum Gasteiger partial charge on any atom is 0.410 e. The second-order valence-electron chi connectivity index (χ2n) is 15.4. The fourth-order valence-electron chi connectivity index (χ4n) is 6.63. The lowest BCUT2D eigenvalue weighted by atomic mass is 9.87. The molecule has 262 valence electrons. The highest BCUT2D eigenvalue weighted by Gasteiger charge is 2.45. The zero-order chi connectivity index (χ0) is 34.2. The average molecular weight is 648 g/mol. The number of cyclic esters (lactones) is 1. The third kappa shape index (κ3) is 11.5. The third-order valence-electron chi connectivity index (χ3n) is 10.3. The molecule has 10 atom stereocenters. The van der Waals surface area contributed by atoms with Gasteiger partial charge in [0.05, 0.1) is 52.0 Å². The van der Waals surface area contributed by atoms with E-state index in [9.17, 15) is 19.8 Å². The van der Waals surface area contributed by atoms with Gasteiger partial charge in [0.25, 0.3) is 0 Å². The zero-order valence-corrected chi connectivity index (χ0v) is 30.0. The number of likely N-dealkylation sites (N-methyl/N-ethyl adjacent to an activating group) is 1. The van der Waals surface area contributed by atoms with Gasteiger partial charge in [-0.25, -0.2) is 4.79 Å². The molecule has 2 N–H and O–H groups in total. The van der Waals surface area contributed by atoms with Crippen LogP contribution in [0.3, 0.4) is 0 Å². The van der Waals surface area contributed by atoms with Gasteiger partial charge in [0.15, 0.2) is 6.10 Å². The van der Waals surface area contributed by atoms with Crippen LogP contribution < -0.4 is 0 Å². The van der Waals surface area contributed by atoms with E-state index in [1.165, 1.54) is 0 Å². The molecule has 0 radical (unpaired) electrons. The Balaban J connectivity index is 1.72. The maximum atomic E-state index is 13.3. The first-order valence-corrected chi connectivity index (χ1v) is 17.6. The molecule has 0 unspecified atom stereocenters. The molecular weight excluding hydrogens is 584 g/mol. The van der Waals surface area contributed by atoms with Crippen molar-refractivity contribution in [3.8, 4) is 0 Å². The van der Waals surface area contributed by atoms with Crippen LogP contribution in [0, 0.1) is 23.7 Å². The van der Waals surface area contributed by atoms with Crippen molar-refractivity contribution in [2.75, 3.05) is 40.3 Å². The molecule has 0 aromatic rings. The second-order valence-corrected chi connectivity index (χ2v) is 15.4. The molecule has 9 heteroatoms. The van der Waals surface area contributed by atoms with Gasteiger partial charge in [-0.2, -0.15) is 0 Å². The predicted octanol–water partition coefficient (Wildman–Crippen LogP) is 5.65.